The standard InChI is InChI=1S/C19H22N2O5S/c22-18(12-6-7-13-19(23)24)20-14-15-8-4-5-11-17(15)21-27(25,26)16-9-2-1-3-10-16/h1-5,8-11,21H,6-7,12-14H2,(H,20,22)(H,23,24). The van der Waals surface area contributed by atoms with E-state index >= 15 is 0 Å². The number of aliphatic carboxylic acids is 1. The van der Waals surface area contributed by atoms with Gasteiger partial charge in [-0.25, -0.2) is 8.42 Å². The third-order valence-corrected chi connectivity index (χ3v) is 5.22. The van der Waals surface area contributed by atoms with E-state index < -0.39 is 16.0 Å². The number of nitrogens with one attached hydrogen (secondary N) is 2. The van der Waals surface area contributed by atoms with E-state index in [0.717, 1.165) is 0 Å². The molecule has 2 aromatic carbocycles. The van der Waals surface area contributed by atoms with E-state index in [1.165, 1.54) is 12.1 Å². The molecule has 0 heterocycles. The Labute approximate surface area is 158 Å². The summed E-state index contributed by atoms with van der Waals surface area (Å²) in [5.41, 5.74) is 1.03. The fourth-order valence-corrected chi connectivity index (χ4v) is 3.54. The van der Waals surface area contributed by atoms with Gasteiger partial charge in [0, 0.05) is 19.4 Å². The van der Waals surface area contributed by atoms with Crippen LogP contribution in [0.4, 0.5) is 5.69 Å². The van der Waals surface area contributed by atoms with Gasteiger partial charge in [0.2, 0.25) is 5.91 Å². The maximum Gasteiger partial charge on any atom is 0.303 e. The van der Waals surface area contributed by atoms with Gasteiger partial charge in [0.05, 0.1) is 10.6 Å². The van der Waals surface area contributed by atoms with Gasteiger partial charge in [-0.2, -0.15) is 0 Å². The third-order valence-electron chi connectivity index (χ3n) is 3.84. The van der Waals surface area contributed by atoms with Crippen LogP contribution < -0.4 is 10.0 Å². The van der Waals surface area contributed by atoms with Gasteiger partial charge in [-0.1, -0.05) is 36.4 Å². The lowest BCUT2D eigenvalue weighted by Crippen LogP contribution is -2.23. The Balaban J connectivity index is 1.96. The summed E-state index contributed by atoms with van der Waals surface area (Å²) >= 11 is 0. The highest BCUT2D eigenvalue weighted by Gasteiger charge is 2.15. The smallest absolute Gasteiger partial charge is 0.303 e. The molecule has 7 nitrogen and oxygen atoms in total. The summed E-state index contributed by atoms with van der Waals surface area (Å²) < 4.78 is 27.5. The zero-order chi connectivity index (χ0) is 19.7. The van der Waals surface area contributed by atoms with Crippen molar-refractivity contribution < 1.29 is 23.1 Å². The van der Waals surface area contributed by atoms with Crippen LogP contribution in [0.5, 0.6) is 0 Å². The van der Waals surface area contributed by atoms with E-state index in [1.807, 2.05) is 0 Å². The molecule has 0 radical (unpaired) electrons. The minimum atomic E-state index is -3.72. The molecule has 144 valence electrons. The lowest BCUT2D eigenvalue weighted by atomic mass is 10.1. The number of rotatable bonds is 10. The number of benzene rings is 2. The van der Waals surface area contributed by atoms with Gasteiger partial charge in [0.15, 0.2) is 0 Å². The van der Waals surface area contributed by atoms with Crippen LogP contribution in [-0.4, -0.2) is 25.4 Å². The van der Waals surface area contributed by atoms with Crippen LogP contribution in [0.1, 0.15) is 31.2 Å². The van der Waals surface area contributed by atoms with Crippen molar-refractivity contribution in [3.8, 4) is 0 Å². The average molecular weight is 390 g/mol. The number of anilines is 1. The topological polar surface area (TPSA) is 113 Å². The molecule has 0 aliphatic heterocycles. The SMILES string of the molecule is O=C(O)CCCCC(=O)NCc1ccccc1NS(=O)(=O)c1ccccc1. The highest BCUT2D eigenvalue weighted by molar-refractivity contribution is 7.92. The first-order chi connectivity index (χ1) is 12.9. The monoisotopic (exact) mass is 390 g/mol. The van der Waals surface area contributed by atoms with Crippen LogP contribution in [0.3, 0.4) is 0 Å². The van der Waals surface area contributed by atoms with Crippen molar-refractivity contribution in [1.82, 2.24) is 5.32 Å². The number of amides is 1. The highest BCUT2D eigenvalue weighted by atomic mass is 32.2. The minimum Gasteiger partial charge on any atom is -0.481 e. The second-order valence-corrected chi connectivity index (χ2v) is 7.64. The Bertz CT molecular complexity index is 882. The minimum absolute atomic E-state index is 0.0391. The normalized spacial score (nSPS) is 11.0. The van der Waals surface area contributed by atoms with E-state index in [-0.39, 0.29) is 30.2 Å². The Morgan fingerprint density at radius 1 is 0.889 bits per heavy atom. The Hall–Kier alpha value is -2.87. The average Bonchev–Trinajstić information content (AvgIpc) is 2.65. The molecule has 8 heteroatoms. The van der Waals surface area contributed by atoms with E-state index in [0.29, 0.717) is 24.1 Å². The molecule has 27 heavy (non-hydrogen) atoms. The maximum absolute atomic E-state index is 12.5. The number of unbranched alkanes of at least 4 members (excludes halogenated alkanes) is 1. The van der Waals surface area contributed by atoms with Gasteiger partial charge in [0.1, 0.15) is 0 Å². The quantitative estimate of drug-likeness (QED) is 0.540. The van der Waals surface area contributed by atoms with Gasteiger partial charge in [-0.3, -0.25) is 14.3 Å². The molecule has 0 aliphatic rings. The molecule has 1 amide bonds. The Morgan fingerprint density at radius 2 is 1.52 bits per heavy atom. The number of hydrogen-bond donors (Lipinski definition) is 3. The molecule has 0 aliphatic carbocycles. The van der Waals surface area contributed by atoms with Crippen LogP contribution in [0, 0.1) is 0 Å². The second kappa shape index (κ2) is 9.72. The first kappa shape index (κ1) is 20.4. The van der Waals surface area contributed by atoms with Crippen LogP contribution in [-0.2, 0) is 26.2 Å². The fourth-order valence-electron chi connectivity index (χ4n) is 2.42. The van der Waals surface area contributed by atoms with Gasteiger partial charge in [0.25, 0.3) is 10.0 Å². The molecule has 2 rings (SSSR count). The summed E-state index contributed by atoms with van der Waals surface area (Å²) in [5.74, 6) is -1.09. The van der Waals surface area contributed by atoms with Crippen LogP contribution in [0.2, 0.25) is 0 Å². The van der Waals surface area contributed by atoms with Crippen molar-refractivity contribution >= 4 is 27.6 Å². The second-order valence-electron chi connectivity index (χ2n) is 5.95. The van der Waals surface area contributed by atoms with E-state index in [2.05, 4.69) is 10.0 Å². The molecule has 0 aromatic heterocycles. The maximum atomic E-state index is 12.5. The van der Waals surface area contributed by atoms with E-state index in [4.69, 9.17) is 5.11 Å². The molecule has 0 saturated heterocycles. The molecule has 0 unspecified atom stereocenters. The Morgan fingerprint density at radius 3 is 2.22 bits per heavy atom. The number of para-hydroxylation sites is 1. The summed E-state index contributed by atoms with van der Waals surface area (Å²) in [7, 11) is -3.72. The van der Waals surface area contributed by atoms with Gasteiger partial charge >= 0.3 is 5.97 Å². The van der Waals surface area contributed by atoms with Crippen LogP contribution in [0.25, 0.3) is 0 Å². The van der Waals surface area contributed by atoms with Crippen molar-refractivity contribution in [2.24, 2.45) is 0 Å². The van der Waals surface area contributed by atoms with E-state index in [9.17, 15) is 18.0 Å². The molecule has 2 aromatic rings. The first-order valence-corrected chi connectivity index (χ1v) is 10.0. The lowest BCUT2D eigenvalue weighted by Gasteiger charge is -2.13. The zero-order valence-corrected chi connectivity index (χ0v) is 15.5. The zero-order valence-electron chi connectivity index (χ0n) is 14.7. The van der Waals surface area contributed by atoms with E-state index in [1.54, 1.807) is 42.5 Å². The molecule has 3 N–H and O–H groups in total. The summed E-state index contributed by atoms with van der Waals surface area (Å²) in [6, 6.07) is 14.9. The number of carbonyl (C=O) groups excluding carboxylic acids is 1. The summed E-state index contributed by atoms with van der Waals surface area (Å²) in [5, 5.41) is 11.3. The summed E-state index contributed by atoms with van der Waals surface area (Å²) in [6.07, 6.45) is 1.19. The van der Waals surface area contributed by atoms with Crippen molar-refractivity contribution in [3.05, 3.63) is 60.2 Å². The summed E-state index contributed by atoms with van der Waals surface area (Å²) in [6.45, 7) is 0.172. The molecular weight excluding hydrogens is 368 g/mol. The van der Waals surface area contributed by atoms with Gasteiger partial charge in [-0.05, 0) is 36.6 Å². The van der Waals surface area contributed by atoms with Crippen LogP contribution >= 0.6 is 0 Å². The van der Waals surface area contributed by atoms with Crippen molar-refractivity contribution in [3.63, 3.8) is 0 Å². The molecule has 0 atom stereocenters. The van der Waals surface area contributed by atoms with Crippen molar-refractivity contribution in [2.45, 2.75) is 37.1 Å². The largest absolute Gasteiger partial charge is 0.481 e. The molecule has 0 saturated carbocycles. The van der Waals surface area contributed by atoms with Crippen molar-refractivity contribution in [2.75, 3.05) is 4.72 Å². The molecular formula is C19H22N2O5S. The van der Waals surface area contributed by atoms with Crippen molar-refractivity contribution in [1.29, 1.82) is 0 Å². The predicted octanol–water partition coefficient (Wildman–Crippen LogP) is 2.75. The molecule has 0 spiro atoms. The number of hydrogen-bond acceptors (Lipinski definition) is 4. The third kappa shape index (κ3) is 6.74. The van der Waals surface area contributed by atoms with Gasteiger partial charge in [-0.15, -0.1) is 0 Å². The number of carbonyl (C=O) groups is 2. The fraction of sp³-hybridized carbons (Fsp3) is 0.263. The first-order valence-electron chi connectivity index (χ1n) is 8.53. The molecule has 0 fully saturated rings. The predicted molar refractivity (Wildman–Crippen MR) is 102 cm³/mol. The number of sulfonamides is 1. The molecule has 0 bridgehead atoms. The van der Waals surface area contributed by atoms with Crippen LogP contribution in [0.15, 0.2) is 59.5 Å². The van der Waals surface area contributed by atoms with Gasteiger partial charge < -0.3 is 10.4 Å². The number of carboxylic acids is 1. The Kier molecular flexibility index (Phi) is 7.36. The highest BCUT2D eigenvalue weighted by Crippen LogP contribution is 2.20. The summed E-state index contributed by atoms with van der Waals surface area (Å²) in [4.78, 5) is 22.5. The lowest BCUT2D eigenvalue weighted by molar-refractivity contribution is -0.137. The number of carboxylic acid groups (broad SMARTS) is 1.